The minimum absolute atomic E-state index is 0.146. The van der Waals surface area contributed by atoms with Gasteiger partial charge in [0.2, 0.25) is 0 Å². The lowest BCUT2D eigenvalue weighted by Crippen LogP contribution is -2.22. The van der Waals surface area contributed by atoms with E-state index in [-0.39, 0.29) is 21.7 Å². The smallest absolute Gasteiger partial charge is 0.408 e. The van der Waals surface area contributed by atoms with Crippen molar-refractivity contribution in [2.24, 2.45) is 0 Å². The van der Waals surface area contributed by atoms with Crippen molar-refractivity contribution in [1.29, 1.82) is 0 Å². The van der Waals surface area contributed by atoms with Gasteiger partial charge in [-0.1, -0.05) is 178 Å². The van der Waals surface area contributed by atoms with Crippen LogP contribution in [0.25, 0.3) is 0 Å². The molecule has 3 aromatic rings. The summed E-state index contributed by atoms with van der Waals surface area (Å²) in [6.45, 7) is 34.1. The van der Waals surface area contributed by atoms with E-state index in [4.69, 9.17) is 13.6 Å². The Labute approximate surface area is 309 Å². The van der Waals surface area contributed by atoms with Crippen LogP contribution < -0.4 is 13.6 Å². The van der Waals surface area contributed by atoms with Crippen LogP contribution in [0.1, 0.15) is 181 Å². The Morgan fingerprint density at radius 2 is 0.860 bits per heavy atom. The third-order valence-corrected chi connectivity index (χ3v) is 10.6. The van der Waals surface area contributed by atoms with Gasteiger partial charge in [-0.15, -0.1) is 0 Å². The lowest BCUT2D eigenvalue weighted by atomic mass is 9.78. The van der Waals surface area contributed by atoms with Gasteiger partial charge in [-0.2, -0.15) is 0 Å². The largest absolute Gasteiger partial charge is 0.530 e. The van der Waals surface area contributed by atoms with E-state index in [1.807, 2.05) is 0 Å². The van der Waals surface area contributed by atoms with Gasteiger partial charge in [0, 0.05) is 22.3 Å². The van der Waals surface area contributed by atoms with E-state index in [9.17, 15) is 0 Å². The van der Waals surface area contributed by atoms with Gasteiger partial charge in [0.1, 0.15) is 17.2 Å². The van der Waals surface area contributed by atoms with Crippen molar-refractivity contribution in [2.45, 2.75) is 183 Å². The molecule has 4 heteroatoms. The second kappa shape index (κ2) is 17.3. The molecule has 0 saturated carbocycles. The third kappa shape index (κ3) is 11.5. The fraction of sp³-hybridized carbons (Fsp3) is 0.609. The average Bonchev–Trinajstić information content (AvgIpc) is 3.01. The number of hydrogen-bond donors (Lipinski definition) is 0. The van der Waals surface area contributed by atoms with Crippen molar-refractivity contribution in [3.05, 3.63) is 87.5 Å². The molecule has 50 heavy (non-hydrogen) atoms. The van der Waals surface area contributed by atoms with E-state index < -0.39 is 8.60 Å². The molecule has 0 saturated heterocycles. The van der Waals surface area contributed by atoms with Gasteiger partial charge in [-0.05, 0) is 70.1 Å². The lowest BCUT2D eigenvalue weighted by molar-refractivity contribution is 0.364. The summed E-state index contributed by atoms with van der Waals surface area (Å²) in [6, 6.07) is 17.8. The highest BCUT2D eigenvalue weighted by Gasteiger charge is 2.35. The number of para-hydroxylation sites is 1. The quantitative estimate of drug-likeness (QED) is 0.117. The third-order valence-electron chi connectivity index (χ3n) is 9.62. The number of hydrogen-bond acceptors (Lipinski definition) is 3. The Kier molecular flexibility index (Phi) is 14.5. The molecule has 3 rings (SSSR count). The second-order valence-corrected chi connectivity index (χ2v) is 19.4. The zero-order valence-electron chi connectivity index (χ0n) is 34.7. The Morgan fingerprint density at radius 3 is 1.24 bits per heavy atom. The molecule has 0 aromatic heterocycles. The zero-order chi connectivity index (χ0) is 37.5. The van der Waals surface area contributed by atoms with Gasteiger partial charge < -0.3 is 13.6 Å². The molecule has 0 heterocycles. The maximum Gasteiger partial charge on any atom is 0.530 e. The molecule has 0 atom stereocenters. The summed E-state index contributed by atoms with van der Waals surface area (Å²) in [5, 5.41) is 0. The maximum absolute atomic E-state index is 7.27. The van der Waals surface area contributed by atoms with E-state index in [1.54, 1.807) is 0 Å². The van der Waals surface area contributed by atoms with E-state index in [0.29, 0.717) is 0 Å². The summed E-state index contributed by atoms with van der Waals surface area (Å²) in [5.41, 5.74) is 8.03. The van der Waals surface area contributed by atoms with Crippen LogP contribution >= 0.6 is 8.60 Å². The summed E-state index contributed by atoms with van der Waals surface area (Å²) >= 11 is 0. The van der Waals surface area contributed by atoms with Crippen molar-refractivity contribution < 1.29 is 13.6 Å². The molecular formula is C46H71O3P. The molecule has 0 aliphatic carbocycles. The molecule has 0 aliphatic heterocycles. The number of rotatable bonds is 15. The zero-order valence-corrected chi connectivity index (χ0v) is 35.5. The first-order valence-electron chi connectivity index (χ1n) is 19.5. The first-order chi connectivity index (χ1) is 23.2. The molecule has 0 aliphatic rings. The molecule has 3 nitrogen and oxygen atoms in total. The summed E-state index contributed by atoms with van der Waals surface area (Å²) in [6.07, 6.45) is 10.5. The van der Waals surface area contributed by atoms with Gasteiger partial charge in [-0.25, -0.2) is 0 Å². The van der Waals surface area contributed by atoms with Crippen LogP contribution in [0.5, 0.6) is 17.2 Å². The van der Waals surface area contributed by atoms with Gasteiger partial charge in [0.05, 0.1) is 0 Å². The molecule has 0 spiro atoms. The lowest BCUT2D eigenvalue weighted by Gasteiger charge is -2.34. The molecule has 278 valence electrons. The first-order valence-corrected chi connectivity index (χ1v) is 20.6. The van der Waals surface area contributed by atoms with E-state index >= 15 is 0 Å². The standard InChI is InChI=1S/C46H71O3P/c1-16-19-20-21-22-23-26-35-27-24-25-28-40(35)47-50(48-41-36(43(4,5)6)29-33(17-2)30-37(41)44(7,8)9)49-42-38(45(10,11)12)31-34(18-3)32-39(42)46(13,14)15/h24-25,27-32H,16-23,26H2,1-15H3. The molecule has 3 aromatic carbocycles. The van der Waals surface area contributed by atoms with E-state index in [0.717, 1.165) is 42.9 Å². The van der Waals surface area contributed by atoms with Crippen molar-refractivity contribution in [2.75, 3.05) is 0 Å². The summed E-state index contributed by atoms with van der Waals surface area (Å²) in [7, 11) is -1.91. The van der Waals surface area contributed by atoms with Crippen LogP contribution in [0.4, 0.5) is 0 Å². The Balaban J connectivity index is 2.26. The topological polar surface area (TPSA) is 27.7 Å². The molecule has 0 unspecified atom stereocenters. The number of benzene rings is 3. The molecule has 0 amide bonds. The predicted octanol–water partition coefficient (Wildman–Crippen LogP) is 14.7. The van der Waals surface area contributed by atoms with Crippen molar-refractivity contribution in [3.8, 4) is 17.2 Å². The molecular weight excluding hydrogens is 631 g/mol. The summed E-state index contributed by atoms with van der Waals surface area (Å²) < 4.78 is 21.6. The minimum atomic E-state index is -1.91. The highest BCUT2D eigenvalue weighted by atomic mass is 31.2. The van der Waals surface area contributed by atoms with Crippen LogP contribution in [0.15, 0.2) is 48.5 Å². The monoisotopic (exact) mass is 703 g/mol. The number of aryl methyl sites for hydroxylation is 3. The highest BCUT2D eigenvalue weighted by Crippen LogP contribution is 2.53. The fourth-order valence-corrected chi connectivity index (χ4v) is 7.53. The van der Waals surface area contributed by atoms with Crippen molar-refractivity contribution >= 4 is 8.60 Å². The Hall–Kier alpha value is -2.51. The SMILES string of the molecule is CCCCCCCCc1ccccc1OP(Oc1c(C(C)(C)C)cc(CC)cc1C(C)(C)C)Oc1c(C(C)(C)C)cc(CC)cc1C(C)(C)C. The molecule has 0 N–H and O–H groups in total. The second-order valence-electron chi connectivity index (χ2n) is 18.4. The van der Waals surface area contributed by atoms with Crippen LogP contribution in [0.2, 0.25) is 0 Å². The molecule has 0 fully saturated rings. The van der Waals surface area contributed by atoms with Crippen LogP contribution in [-0.4, -0.2) is 0 Å². The van der Waals surface area contributed by atoms with E-state index in [1.165, 1.54) is 71.0 Å². The predicted molar refractivity (Wildman–Crippen MR) is 219 cm³/mol. The average molecular weight is 703 g/mol. The van der Waals surface area contributed by atoms with Gasteiger partial charge >= 0.3 is 8.60 Å². The Bertz CT molecular complexity index is 1370. The minimum Gasteiger partial charge on any atom is -0.408 e. The van der Waals surface area contributed by atoms with Crippen molar-refractivity contribution in [1.82, 2.24) is 0 Å². The summed E-state index contributed by atoms with van der Waals surface area (Å²) in [5.74, 6) is 2.63. The maximum atomic E-state index is 7.27. The molecule has 0 bridgehead atoms. The summed E-state index contributed by atoms with van der Waals surface area (Å²) in [4.78, 5) is 0. The van der Waals surface area contributed by atoms with Gasteiger partial charge in [0.25, 0.3) is 0 Å². The number of unbranched alkanes of at least 4 members (excludes halogenated alkanes) is 5. The highest BCUT2D eigenvalue weighted by molar-refractivity contribution is 7.43. The fourth-order valence-electron chi connectivity index (χ4n) is 6.39. The van der Waals surface area contributed by atoms with Crippen LogP contribution in [0, 0.1) is 0 Å². The first kappa shape index (κ1) is 41.9. The van der Waals surface area contributed by atoms with E-state index in [2.05, 4.69) is 152 Å². The van der Waals surface area contributed by atoms with Crippen molar-refractivity contribution in [3.63, 3.8) is 0 Å². The Morgan fingerprint density at radius 1 is 0.480 bits per heavy atom. The van der Waals surface area contributed by atoms with Gasteiger partial charge in [0.15, 0.2) is 0 Å². The van der Waals surface area contributed by atoms with Gasteiger partial charge in [-0.3, -0.25) is 0 Å². The van der Waals surface area contributed by atoms with Crippen LogP contribution in [0.3, 0.4) is 0 Å². The van der Waals surface area contributed by atoms with Crippen LogP contribution in [-0.2, 0) is 40.9 Å². The normalized spacial score (nSPS) is 12.8. The molecule has 0 radical (unpaired) electrons.